The highest BCUT2D eigenvalue weighted by atomic mass is 14.9. The van der Waals surface area contributed by atoms with Crippen LogP contribution in [0.5, 0.6) is 0 Å². The molecule has 0 fully saturated rings. The minimum atomic E-state index is 0.410. The van der Waals surface area contributed by atoms with E-state index in [4.69, 9.17) is 0 Å². The Kier molecular flexibility index (Phi) is 2.82. The molecule has 0 aliphatic carbocycles. The molecule has 0 aromatic carbocycles. The van der Waals surface area contributed by atoms with E-state index in [-0.39, 0.29) is 0 Å². The molecule has 1 N–H and O–H groups in total. The van der Waals surface area contributed by atoms with Gasteiger partial charge in [0.15, 0.2) is 0 Å². The Morgan fingerprint density at radius 2 is 1.75 bits per heavy atom. The largest absolute Gasteiger partial charge is 0.313 e. The van der Waals surface area contributed by atoms with E-state index in [9.17, 15) is 0 Å². The molecular weight excluding hydrogens is 148 g/mol. The molecule has 1 aromatic heterocycles. The van der Waals surface area contributed by atoms with Crippen molar-refractivity contribution in [3.05, 3.63) is 29.1 Å². The summed E-state index contributed by atoms with van der Waals surface area (Å²) in [5, 5.41) is 3.24. The lowest BCUT2D eigenvalue weighted by Crippen LogP contribution is -2.15. The fourth-order valence-corrected chi connectivity index (χ4v) is 1.54. The number of aromatic nitrogens is 1. The van der Waals surface area contributed by atoms with Gasteiger partial charge in [-0.2, -0.15) is 0 Å². The number of pyridine rings is 1. The lowest BCUT2D eigenvalue weighted by Gasteiger charge is -2.15. The maximum absolute atomic E-state index is 4.13. The smallest absolute Gasteiger partial charge is 0.0300 e. The topological polar surface area (TPSA) is 24.9 Å². The third-order valence-corrected chi connectivity index (χ3v) is 2.25. The van der Waals surface area contributed by atoms with Crippen LogP contribution >= 0.6 is 0 Å². The number of nitrogens with zero attached hydrogens (tertiary/aromatic N) is 1. The van der Waals surface area contributed by atoms with Gasteiger partial charge in [-0.1, -0.05) is 0 Å². The van der Waals surface area contributed by atoms with Gasteiger partial charge >= 0.3 is 0 Å². The van der Waals surface area contributed by atoms with Crippen molar-refractivity contribution in [3.63, 3.8) is 0 Å². The second-order valence-corrected chi connectivity index (χ2v) is 3.20. The molecule has 2 heteroatoms. The van der Waals surface area contributed by atoms with Crippen LogP contribution in [-0.2, 0) is 0 Å². The highest BCUT2D eigenvalue weighted by Crippen LogP contribution is 2.19. The van der Waals surface area contributed by atoms with E-state index in [2.05, 4.69) is 31.1 Å². The van der Waals surface area contributed by atoms with Crippen molar-refractivity contribution in [2.24, 2.45) is 0 Å². The van der Waals surface area contributed by atoms with Crippen LogP contribution in [0.3, 0.4) is 0 Å². The van der Waals surface area contributed by atoms with E-state index < -0.39 is 0 Å². The first-order valence-corrected chi connectivity index (χ1v) is 4.25. The zero-order valence-corrected chi connectivity index (χ0v) is 8.18. The maximum atomic E-state index is 4.13. The van der Waals surface area contributed by atoms with Crippen molar-refractivity contribution in [2.45, 2.75) is 26.8 Å². The summed E-state index contributed by atoms with van der Waals surface area (Å²) in [6.07, 6.45) is 3.83. The second kappa shape index (κ2) is 3.68. The Bertz CT molecular complexity index is 248. The molecule has 1 heterocycles. The Labute approximate surface area is 74.0 Å². The number of hydrogen-bond donors (Lipinski definition) is 1. The molecule has 0 aliphatic rings. The second-order valence-electron chi connectivity index (χ2n) is 3.20. The van der Waals surface area contributed by atoms with Gasteiger partial charge < -0.3 is 5.32 Å². The monoisotopic (exact) mass is 164 g/mol. The minimum absolute atomic E-state index is 0.410. The summed E-state index contributed by atoms with van der Waals surface area (Å²) in [6, 6.07) is 0.410. The van der Waals surface area contributed by atoms with Gasteiger partial charge in [-0.15, -0.1) is 0 Å². The number of rotatable bonds is 2. The van der Waals surface area contributed by atoms with E-state index in [0.29, 0.717) is 6.04 Å². The fourth-order valence-electron chi connectivity index (χ4n) is 1.54. The SMILES string of the molecule is CNC(C)c1c(C)cncc1C. The molecule has 0 radical (unpaired) electrons. The van der Waals surface area contributed by atoms with Crippen LogP contribution in [0.15, 0.2) is 12.4 Å². The Balaban J connectivity index is 3.12. The average molecular weight is 164 g/mol. The van der Waals surface area contributed by atoms with Crippen LogP contribution in [0.2, 0.25) is 0 Å². The molecule has 1 unspecified atom stereocenters. The molecule has 66 valence electrons. The molecule has 0 saturated heterocycles. The van der Waals surface area contributed by atoms with Crippen molar-refractivity contribution in [2.75, 3.05) is 7.05 Å². The molecule has 12 heavy (non-hydrogen) atoms. The van der Waals surface area contributed by atoms with Crippen molar-refractivity contribution in [1.82, 2.24) is 10.3 Å². The van der Waals surface area contributed by atoms with Gasteiger partial charge in [-0.05, 0) is 44.5 Å². The lowest BCUT2D eigenvalue weighted by molar-refractivity contribution is 0.643. The minimum Gasteiger partial charge on any atom is -0.313 e. The van der Waals surface area contributed by atoms with Gasteiger partial charge in [0.05, 0.1) is 0 Å². The van der Waals surface area contributed by atoms with Gasteiger partial charge in [-0.25, -0.2) is 0 Å². The maximum Gasteiger partial charge on any atom is 0.0300 e. The highest BCUT2D eigenvalue weighted by Gasteiger charge is 2.08. The molecule has 1 rings (SSSR count). The van der Waals surface area contributed by atoms with Crippen molar-refractivity contribution < 1.29 is 0 Å². The van der Waals surface area contributed by atoms with Crippen LogP contribution in [0.1, 0.15) is 29.7 Å². The van der Waals surface area contributed by atoms with E-state index in [0.717, 1.165) is 0 Å². The van der Waals surface area contributed by atoms with E-state index in [1.807, 2.05) is 19.4 Å². The number of nitrogens with one attached hydrogen (secondary N) is 1. The summed E-state index contributed by atoms with van der Waals surface area (Å²) in [5.41, 5.74) is 3.89. The van der Waals surface area contributed by atoms with Crippen LogP contribution in [0.4, 0.5) is 0 Å². The predicted octanol–water partition coefficient (Wildman–Crippen LogP) is 1.98. The summed E-state index contributed by atoms with van der Waals surface area (Å²) >= 11 is 0. The van der Waals surface area contributed by atoms with E-state index in [1.165, 1.54) is 16.7 Å². The summed E-state index contributed by atoms with van der Waals surface area (Å²) in [6.45, 7) is 6.36. The standard InChI is InChI=1S/C10H16N2/c1-7-5-12-6-8(2)10(7)9(3)11-4/h5-6,9,11H,1-4H3. The molecule has 0 spiro atoms. The summed E-state index contributed by atoms with van der Waals surface area (Å²) in [7, 11) is 1.98. The quantitative estimate of drug-likeness (QED) is 0.723. The Hall–Kier alpha value is -0.890. The van der Waals surface area contributed by atoms with Crippen LogP contribution in [0.25, 0.3) is 0 Å². The lowest BCUT2D eigenvalue weighted by atomic mass is 10.0. The number of aryl methyl sites for hydroxylation is 2. The van der Waals surface area contributed by atoms with Crippen LogP contribution in [0, 0.1) is 13.8 Å². The van der Waals surface area contributed by atoms with Crippen LogP contribution in [-0.4, -0.2) is 12.0 Å². The van der Waals surface area contributed by atoms with Crippen molar-refractivity contribution >= 4 is 0 Å². The molecule has 0 aliphatic heterocycles. The first-order valence-electron chi connectivity index (χ1n) is 4.25. The molecular formula is C10H16N2. The molecule has 2 nitrogen and oxygen atoms in total. The number of hydrogen-bond acceptors (Lipinski definition) is 2. The van der Waals surface area contributed by atoms with Gasteiger partial charge in [0.1, 0.15) is 0 Å². The van der Waals surface area contributed by atoms with E-state index in [1.54, 1.807) is 0 Å². The normalized spacial score (nSPS) is 13.0. The van der Waals surface area contributed by atoms with Gasteiger partial charge in [-0.3, -0.25) is 4.98 Å². The van der Waals surface area contributed by atoms with Crippen molar-refractivity contribution in [3.8, 4) is 0 Å². The first-order chi connectivity index (χ1) is 5.66. The van der Waals surface area contributed by atoms with Crippen LogP contribution < -0.4 is 5.32 Å². The molecule has 0 amide bonds. The Morgan fingerprint density at radius 3 is 2.17 bits per heavy atom. The molecule has 0 saturated carbocycles. The van der Waals surface area contributed by atoms with E-state index >= 15 is 0 Å². The Morgan fingerprint density at radius 1 is 1.25 bits per heavy atom. The molecule has 1 aromatic rings. The summed E-state index contributed by atoms with van der Waals surface area (Å²) in [4.78, 5) is 4.13. The fraction of sp³-hybridized carbons (Fsp3) is 0.500. The third-order valence-electron chi connectivity index (χ3n) is 2.25. The van der Waals surface area contributed by atoms with Gasteiger partial charge in [0.2, 0.25) is 0 Å². The zero-order chi connectivity index (χ0) is 9.14. The third kappa shape index (κ3) is 1.64. The first kappa shape index (κ1) is 9.20. The zero-order valence-electron chi connectivity index (χ0n) is 8.18. The summed E-state index contributed by atoms with van der Waals surface area (Å²) < 4.78 is 0. The van der Waals surface area contributed by atoms with Crippen molar-refractivity contribution in [1.29, 1.82) is 0 Å². The van der Waals surface area contributed by atoms with Gasteiger partial charge in [0, 0.05) is 18.4 Å². The average Bonchev–Trinajstić information content (AvgIpc) is 2.03. The predicted molar refractivity (Wildman–Crippen MR) is 51.2 cm³/mol. The molecule has 0 bridgehead atoms. The summed E-state index contributed by atoms with van der Waals surface area (Å²) in [5.74, 6) is 0. The molecule has 1 atom stereocenters. The highest BCUT2D eigenvalue weighted by molar-refractivity contribution is 5.32. The van der Waals surface area contributed by atoms with Gasteiger partial charge in [0.25, 0.3) is 0 Å².